The highest BCUT2D eigenvalue weighted by molar-refractivity contribution is 7.98. The number of carbonyl (C=O) groups is 2. The van der Waals surface area contributed by atoms with E-state index in [0.717, 1.165) is 31.0 Å². The standard InChI is InChI=1S/C24H30N4O2S/c1-27-13-10-18-14-17(8-9-21(18)27)22(28-11-3-4-12-28)16-25-23(29)24(30)26-19-6-5-7-20(15-19)31-2/h5-9,14-15,22H,3-4,10-13,16H2,1-2H3,(H,25,29)(H,26,30)/t22-/m0/s1. The van der Waals surface area contributed by atoms with Crippen LogP contribution >= 0.6 is 11.8 Å². The highest BCUT2D eigenvalue weighted by Gasteiger charge is 2.27. The van der Waals surface area contributed by atoms with Crippen molar-refractivity contribution < 1.29 is 9.59 Å². The maximum absolute atomic E-state index is 12.5. The van der Waals surface area contributed by atoms with E-state index in [1.54, 1.807) is 17.8 Å². The zero-order chi connectivity index (χ0) is 21.8. The maximum atomic E-state index is 12.5. The number of thioether (sulfide) groups is 1. The van der Waals surface area contributed by atoms with Gasteiger partial charge in [-0.25, -0.2) is 0 Å². The molecule has 0 aliphatic carbocycles. The van der Waals surface area contributed by atoms with Crippen LogP contribution in [-0.2, 0) is 16.0 Å². The Morgan fingerprint density at radius 2 is 1.87 bits per heavy atom. The van der Waals surface area contributed by atoms with Gasteiger partial charge in [0.2, 0.25) is 0 Å². The summed E-state index contributed by atoms with van der Waals surface area (Å²) in [5.41, 5.74) is 4.50. The minimum Gasteiger partial charge on any atom is -0.374 e. The lowest BCUT2D eigenvalue weighted by Crippen LogP contribution is -2.41. The molecule has 7 heteroatoms. The Kier molecular flexibility index (Phi) is 6.83. The highest BCUT2D eigenvalue weighted by Crippen LogP contribution is 2.32. The minimum atomic E-state index is -0.631. The molecule has 2 aromatic carbocycles. The van der Waals surface area contributed by atoms with Crippen LogP contribution in [-0.4, -0.2) is 56.2 Å². The van der Waals surface area contributed by atoms with Crippen molar-refractivity contribution in [3.05, 3.63) is 53.6 Å². The van der Waals surface area contributed by atoms with E-state index in [0.29, 0.717) is 12.2 Å². The van der Waals surface area contributed by atoms with E-state index in [1.165, 1.54) is 29.7 Å². The number of nitrogens with zero attached hydrogens (tertiary/aromatic N) is 2. The van der Waals surface area contributed by atoms with Gasteiger partial charge in [0.1, 0.15) is 0 Å². The van der Waals surface area contributed by atoms with Crippen molar-refractivity contribution in [2.75, 3.05) is 49.7 Å². The number of likely N-dealkylation sites (N-methyl/N-ethyl adjacent to an activating group) is 1. The number of amides is 2. The third-order valence-corrected chi connectivity index (χ3v) is 6.91. The molecule has 2 N–H and O–H groups in total. The molecule has 6 nitrogen and oxygen atoms in total. The van der Waals surface area contributed by atoms with Gasteiger partial charge in [-0.05, 0) is 74.0 Å². The number of hydrogen-bond donors (Lipinski definition) is 2. The van der Waals surface area contributed by atoms with Gasteiger partial charge in [-0.2, -0.15) is 0 Å². The Hall–Kier alpha value is -2.51. The van der Waals surface area contributed by atoms with Crippen LogP contribution in [0, 0.1) is 0 Å². The monoisotopic (exact) mass is 438 g/mol. The number of fused-ring (bicyclic) bond motifs is 1. The van der Waals surface area contributed by atoms with Crippen LogP contribution in [0.3, 0.4) is 0 Å². The van der Waals surface area contributed by atoms with Gasteiger partial charge in [-0.3, -0.25) is 14.5 Å². The number of hydrogen-bond acceptors (Lipinski definition) is 5. The molecule has 2 aromatic rings. The van der Waals surface area contributed by atoms with Gasteiger partial charge in [-0.15, -0.1) is 11.8 Å². The average Bonchev–Trinajstić information content (AvgIpc) is 3.44. The quantitative estimate of drug-likeness (QED) is 0.535. The van der Waals surface area contributed by atoms with Crippen molar-refractivity contribution >= 4 is 35.0 Å². The van der Waals surface area contributed by atoms with Crippen LogP contribution in [0.15, 0.2) is 47.4 Å². The second-order valence-electron chi connectivity index (χ2n) is 8.21. The third-order valence-electron chi connectivity index (χ3n) is 6.19. The molecule has 164 valence electrons. The molecule has 1 fully saturated rings. The largest absolute Gasteiger partial charge is 0.374 e. The fraction of sp³-hybridized carbons (Fsp3) is 0.417. The van der Waals surface area contributed by atoms with E-state index in [-0.39, 0.29) is 6.04 Å². The Morgan fingerprint density at radius 1 is 1.06 bits per heavy atom. The fourth-order valence-corrected chi connectivity index (χ4v) is 4.92. The molecular weight excluding hydrogens is 408 g/mol. The first kappa shape index (κ1) is 21.7. The summed E-state index contributed by atoms with van der Waals surface area (Å²) < 4.78 is 0. The van der Waals surface area contributed by atoms with Crippen molar-refractivity contribution in [3.8, 4) is 0 Å². The highest BCUT2D eigenvalue weighted by atomic mass is 32.2. The first-order chi connectivity index (χ1) is 15.0. The molecule has 0 aromatic heterocycles. The summed E-state index contributed by atoms with van der Waals surface area (Å²) in [6.45, 7) is 3.50. The summed E-state index contributed by atoms with van der Waals surface area (Å²) in [6, 6.07) is 14.2. The molecule has 0 saturated carbocycles. The summed E-state index contributed by atoms with van der Waals surface area (Å²) >= 11 is 1.59. The Bertz CT molecular complexity index is 958. The van der Waals surface area contributed by atoms with Crippen molar-refractivity contribution in [2.45, 2.75) is 30.2 Å². The smallest absolute Gasteiger partial charge is 0.313 e. The lowest BCUT2D eigenvalue weighted by atomic mass is 10.0. The third kappa shape index (κ3) is 5.05. The van der Waals surface area contributed by atoms with Crippen LogP contribution in [0.4, 0.5) is 11.4 Å². The Morgan fingerprint density at radius 3 is 2.65 bits per heavy atom. The summed E-state index contributed by atoms with van der Waals surface area (Å²) in [5.74, 6) is -1.23. The molecule has 0 bridgehead atoms. The summed E-state index contributed by atoms with van der Waals surface area (Å²) in [5, 5.41) is 5.58. The summed E-state index contributed by atoms with van der Waals surface area (Å²) in [4.78, 5) is 30.7. The maximum Gasteiger partial charge on any atom is 0.313 e. The molecule has 2 amide bonds. The summed E-state index contributed by atoms with van der Waals surface area (Å²) in [7, 11) is 2.12. The number of nitrogens with one attached hydrogen (secondary N) is 2. The molecule has 31 heavy (non-hydrogen) atoms. The Labute approximate surface area is 188 Å². The van der Waals surface area contributed by atoms with Crippen LogP contribution in [0.1, 0.15) is 30.0 Å². The molecule has 0 radical (unpaired) electrons. The molecule has 0 unspecified atom stereocenters. The zero-order valence-corrected chi connectivity index (χ0v) is 19.0. The van der Waals surface area contributed by atoms with Crippen molar-refractivity contribution in [1.29, 1.82) is 0 Å². The van der Waals surface area contributed by atoms with E-state index in [1.807, 2.05) is 24.5 Å². The van der Waals surface area contributed by atoms with Gasteiger partial charge >= 0.3 is 11.8 Å². The SMILES string of the molecule is CSc1cccc(NC(=O)C(=O)NC[C@@H](c2ccc3c(c2)CCN3C)N2CCCC2)c1. The van der Waals surface area contributed by atoms with E-state index in [9.17, 15) is 9.59 Å². The number of likely N-dealkylation sites (tertiary alicyclic amines) is 1. The number of rotatable bonds is 6. The van der Waals surface area contributed by atoms with Gasteiger partial charge in [-0.1, -0.05) is 18.2 Å². The second-order valence-corrected chi connectivity index (χ2v) is 9.09. The molecule has 2 heterocycles. The van der Waals surface area contributed by atoms with Crippen LogP contribution in [0.2, 0.25) is 0 Å². The number of benzene rings is 2. The van der Waals surface area contributed by atoms with E-state index in [4.69, 9.17) is 0 Å². The van der Waals surface area contributed by atoms with Crippen LogP contribution in [0.5, 0.6) is 0 Å². The number of carbonyl (C=O) groups excluding carboxylic acids is 2. The van der Waals surface area contributed by atoms with Crippen molar-refractivity contribution in [2.24, 2.45) is 0 Å². The normalized spacial score (nSPS) is 16.8. The predicted molar refractivity (Wildman–Crippen MR) is 127 cm³/mol. The zero-order valence-electron chi connectivity index (χ0n) is 18.2. The minimum absolute atomic E-state index is 0.0790. The lowest BCUT2D eigenvalue weighted by molar-refractivity contribution is -0.136. The topological polar surface area (TPSA) is 64.7 Å². The molecule has 1 atom stereocenters. The van der Waals surface area contributed by atoms with Gasteiger partial charge in [0.05, 0.1) is 6.04 Å². The molecular formula is C24H30N4O2S. The molecule has 0 spiro atoms. The fourth-order valence-electron chi connectivity index (χ4n) is 4.46. The van der Waals surface area contributed by atoms with E-state index < -0.39 is 11.8 Å². The van der Waals surface area contributed by atoms with E-state index in [2.05, 4.69) is 45.7 Å². The van der Waals surface area contributed by atoms with Crippen LogP contribution in [0.25, 0.3) is 0 Å². The molecule has 1 saturated heterocycles. The average molecular weight is 439 g/mol. The molecule has 2 aliphatic heterocycles. The van der Waals surface area contributed by atoms with Crippen molar-refractivity contribution in [1.82, 2.24) is 10.2 Å². The van der Waals surface area contributed by atoms with Gasteiger partial charge in [0.25, 0.3) is 0 Å². The van der Waals surface area contributed by atoms with Crippen LogP contribution < -0.4 is 15.5 Å². The van der Waals surface area contributed by atoms with Crippen molar-refractivity contribution in [3.63, 3.8) is 0 Å². The Balaban J connectivity index is 1.43. The second kappa shape index (κ2) is 9.75. The first-order valence-corrected chi connectivity index (χ1v) is 12.1. The molecule has 4 rings (SSSR count). The van der Waals surface area contributed by atoms with E-state index >= 15 is 0 Å². The lowest BCUT2D eigenvalue weighted by Gasteiger charge is -2.28. The predicted octanol–water partition coefficient (Wildman–Crippen LogP) is 3.29. The van der Waals surface area contributed by atoms with Gasteiger partial charge < -0.3 is 15.5 Å². The summed E-state index contributed by atoms with van der Waals surface area (Å²) in [6.07, 6.45) is 5.37. The first-order valence-electron chi connectivity index (χ1n) is 10.9. The van der Waals surface area contributed by atoms with Gasteiger partial charge in [0, 0.05) is 36.4 Å². The molecule has 2 aliphatic rings. The van der Waals surface area contributed by atoms with Gasteiger partial charge in [0.15, 0.2) is 0 Å². The number of anilines is 2.